The summed E-state index contributed by atoms with van der Waals surface area (Å²) in [6, 6.07) is 56.2. The normalized spacial score (nSPS) is 13.6. The van der Waals surface area contributed by atoms with Crippen LogP contribution in [0.25, 0.3) is 43.1 Å². The minimum absolute atomic E-state index is 0.625. The lowest BCUT2D eigenvalue weighted by Gasteiger charge is -2.46. The van der Waals surface area contributed by atoms with Gasteiger partial charge in [-0.2, -0.15) is 0 Å². The van der Waals surface area contributed by atoms with Gasteiger partial charge in [0.25, 0.3) is 0 Å². The Hall–Kier alpha value is -5.36. The second-order valence-corrected chi connectivity index (χ2v) is 13.1. The van der Waals surface area contributed by atoms with E-state index in [0.29, 0.717) is 22.3 Å². The zero-order valence-corrected chi connectivity index (χ0v) is 28.0. The number of aliphatic hydroxyl groups is 2. The number of ether oxygens (including phenoxy) is 2. The Morgan fingerprint density at radius 3 is 0.780 bits per heavy atom. The van der Waals surface area contributed by atoms with Crippen molar-refractivity contribution >= 4 is 43.1 Å². The van der Waals surface area contributed by atoms with Gasteiger partial charge in [0.15, 0.2) is 0 Å². The van der Waals surface area contributed by atoms with E-state index >= 15 is 0 Å². The molecular formula is C46H38O4. The van der Waals surface area contributed by atoms with Gasteiger partial charge in [0.05, 0.1) is 0 Å². The van der Waals surface area contributed by atoms with Crippen LogP contribution >= 0.6 is 0 Å². The average Bonchev–Trinajstić information content (AvgIpc) is 3.18. The lowest BCUT2D eigenvalue weighted by Crippen LogP contribution is -2.58. The fourth-order valence-corrected chi connectivity index (χ4v) is 7.72. The first-order valence-electron chi connectivity index (χ1n) is 16.9. The molecule has 0 aliphatic carbocycles. The summed E-state index contributed by atoms with van der Waals surface area (Å²) in [5, 5.41) is 35.2. The molecule has 246 valence electrons. The molecule has 0 spiro atoms. The van der Waals surface area contributed by atoms with Gasteiger partial charge in [0.2, 0.25) is 0 Å². The molecule has 0 saturated heterocycles. The molecule has 2 atom stereocenters. The third-order valence-corrected chi connectivity index (χ3v) is 10.4. The highest BCUT2D eigenvalue weighted by atomic mass is 16.5. The topological polar surface area (TPSA) is 58.9 Å². The Morgan fingerprint density at radius 1 is 0.340 bits per heavy atom. The molecule has 0 fully saturated rings. The van der Waals surface area contributed by atoms with Crippen LogP contribution in [0.4, 0.5) is 0 Å². The molecule has 8 aromatic rings. The third kappa shape index (κ3) is 5.25. The Morgan fingerprint density at radius 2 is 0.560 bits per heavy atom. The molecule has 0 radical (unpaired) electrons. The minimum Gasteiger partial charge on any atom is -0.378 e. The van der Waals surface area contributed by atoms with Crippen LogP contribution in [-0.4, -0.2) is 36.6 Å². The first kappa shape index (κ1) is 31.9. The Labute approximate surface area is 291 Å². The van der Waals surface area contributed by atoms with E-state index in [0.717, 1.165) is 43.1 Å². The van der Waals surface area contributed by atoms with Crippen molar-refractivity contribution in [2.24, 2.45) is 0 Å². The van der Waals surface area contributed by atoms with Crippen LogP contribution in [0.5, 0.6) is 0 Å². The largest absolute Gasteiger partial charge is 0.378 e. The summed E-state index contributed by atoms with van der Waals surface area (Å²) in [6.45, 7) is 0. The van der Waals surface area contributed by atoms with E-state index < -0.39 is 23.4 Å². The van der Waals surface area contributed by atoms with Gasteiger partial charge in [-0.1, -0.05) is 146 Å². The fourth-order valence-electron chi connectivity index (χ4n) is 7.72. The third-order valence-electron chi connectivity index (χ3n) is 10.4. The number of methoxy groups -OCH3 is 2. The highest BCUT2D eigenvalue weighted by molar-refractivity contribution is 5.87. The van der Waals surface area contributed by atoms with Crippen LogP contribution in [0.15, 0.2) is 170 Å². The van der Waals surface area contributed by atoms with Crippen LogP contribution < -0.4 is 0 Å². The lowest BCUT2D eigenvalue weighted by atomic mass is 9.71. The van der Waals surface area contributed by atoms with Gasteiger partial charge in [-0.25, -0.2) is 0 Å². The van der Waals surface area contributed by atoms with E-state index in [9.17, 15) is 10.2 Å². The van der Waals surface area contributed by atoms with Gasteiger partial charge < -0.3 is 19.7 Å². The summed E-state index contributed by atoms with van der Waals surface area (Å²) in [4.78, 5) is 0. The summed E-state index contributed by atoms with van der Waals surface area (Å²) < 4.78 is 12.9. The van der Waals surface area contributed by atoms with Crippen LogP contribution in [0, 0.1) is 0 Å². The summed E-state index contributed by atoms with van der Waals surface area (Å²) in [6.07, 6.45) is -2.20. The van der Waals surface area contributed by atoms with Gasteiger partial charge in [0.1, 0.15) is 23.4 Å². The molecule has 4 heteroatoms. The van der Waals surface area contributed by atoms with Crippen LogP contribution in [0.3, 0.4) is 0 Å². The molecule has 0 aliphatic rings. The number of hydrogen-bond acceptors (Lipinski definition) is 4. The van der Waals surface area contributed by atoms with Crippen LogP contribution in [0.2, 0.25) is 0 Å². The Bertz CT molecular complexity index is 2150. The molecular weight excluding hydrogens is 617 g/mol. The summed E-state index contributed by atoms with van der Waals surface area (Å²) in [7, 11) is 3.15. The van der Waals surface area contributed by atoms with E-state index in [2.05, 4.69) is 24.3 Å². The van der Waals surface area contributed by atoms with Gasteiger partial charge in [0, 0.05) is 14.2 Å². The predicted octanol–water partition coefficient (Wildman–Crippen LogP) is 9.50. The highest BCUT2D eigenvalue weighted by Crippen LogP contribution is 2.46. The molecule has 8 rings (SSSR count). The maximum Gasteiger partial charge on any atom is 0.143 e. The zero-order valence-electron chi connectivity index (χ0n) is 28.0. The van der Waals surface area contributed by atoms with Crippen molar-refractivity contribution in [1.29, 1.82) is 0 Å². The van der Waals surface area contributed by atoms with Crippen molar-refractivity contribution in [3.63, 3.8) is 0 Å². The lowest BCUT2D eigenvalue weighted by molar-refractivity contribution is -0.189. The van der Waals surface area contributed by atoms with E-state index in [1.165, 1.54) is 0 Å². The smallest absolute Gasteiger partial charge is 0.143 e. The number of rotatable bonds is 9. The summed E-state index contributed by atoms with van der Waals surface area (Å²) in [5.74, 6) is 0. The molecule has 0 bridgehead atoms. The second kappa shape index (κ2) is 12.8. The molecule has 0 unspecified atom stereocenters. The van der Waals surface area contributed by atoms with Crippen LogP contribution in [-0.2, 0) is 20.7 Å². The fraction of sp³-hybridized carbons (Fsp3) is 0.130. The van der Waals surface area contributed by atoms with E-state index in [4.69, 9.17) is 9.47 Å². The summed E-state index contributed by atoms with van der Waals surface area (Å²) in [5.41, 5.74) is -1.05. The molecule has 0 heterocycles. The Balaban J connectivity index is 1.40. The SMILES string of the molecule is CO[C@@H]([C@H](OC)C(O)(c1ccc2ccccc2c1)c1ccc2ccccc2c1)C(O)(c1ccc2ccccc2c1)c1ccc2ccccc2c1. The maximum atomic E-state index is 13.5. The summed E-state index contributed by atoms with van der Waals surface area (Å²) >= 11 is 0. The van der Waals surface area contributed by atoms with Crippen molar-refractivity contribution in [3.8, 4) is 0 Å². The predicted molar refractivity (Wildman–Crippen MR) is 203 cm³/mol. The Kier molecular flexibility index (Phi) is 8.18. The monoisotopic (exact) mass is 654 g/mol. The van der Waals surface area contributed by atoms with E-state index in [1.54, 1.807) is 14.2 Å². The van der Waals surface area contributed by atoms with E-state index in [1.807, 2.05) is 146 Å². The first-order valence-corrected chi connectivity index (χ1v) is 16.9. The van der Waals surface area contributed by atoms with Crippen LogP contribution in [0.1, 0.15) is 22.3 Å². The van der Waals surface area contributed by atoms with Gasteiger partial charge in [-0.15, -0.1) is 0 Å². The van der Waals surface area contributed by atoms with Crippen molar-refractivity contribution < 1.29 is 19.7 Å². The molecule has 0 aliphatic heterocycles. The standard InChI is InChI=1S/C46H38O4/c1-49-43(45(47,39-23-19-31-11-3-7-15-35(31)27-39)40-24-20-32-12-4-8-16-36(32)28-40)44(50-2)46(48,41-25-21-33-13-5-9-17-37(33)29-41)42-26-22-34-14-6-10-18-38(34)30-42/h3-30,43-44,47-48H,1-2H3/t43-,44-/m0/s1. The van der Waals surface area contributed by atoms with Gasteiger partial charge in [-0.3, -0.25) is 0 Å². The molecule has 2 N–H and O–H groups in total. The zero-order chi connectivity index (χ0) is 34.3. The van der Waals surface area contributed by atoms with Gasteiger partial charge >= 0.3 is 0 Å². The molecule has 50 heavy (non-hydrogen) atoms. The van der Waals surface area contributed by atoms with Crippen molar-refractivity contribution in [2.45, 2.75) is 23.4 Å². The van der Waals surface area contributed by atoms with E-state index in [-0.39, 0.29) is 0 Å². The number of fused-ring (bicyclic) bond motifs is 4. The quantitative estimate of drug-likeness (QED) is 0.163. The maximum absolute atomic E-state index is 13.5. The van der Waals surface area contributed by atoms with Gasteiger partial charge in [-0.05, 0) is 89.6 Å². The average molecular weight is 655 g/mol. The molecule has 8 aromatic carbocycles. The minimum atomic E-state index is -1.77. The number of hydrogen-bond donors (Lipinski definition) is 2. The van der Waals surface area contributed by atoms with Crippen molar-refractivity contribution in [2.75, 3.05) is 14.2 Å². The highest BCUT2D eigenvalue weighted by Gasteiger charge is 2.54. The van der Waals surface area contributed by atoms with Crippen molar-refractivity contribution in [1.82, 2.24) is 0 Å². The molecule has 0 amide bonds. The second-order valence-electron chi connectivity index (χ2n) is 13.1. The van der Waals surface area contributed by atoms with Crippen molar-refractivity contribution in [3.05, 3.63) is 192 Å². The number of benzene rings is 8. The molecule has 0 aromatic heterocycles. The molecule has 0 saturated carbocycles. The molecule has 4 nitrogen and oxygen atoms in total. The first-order chi connectivity index (χ1) is 24.4.